The van der Waals surface area contributed by atoms with Gasteiger partial charge >= 0.3 is 0 Å². The Kier molecular flexibility index (Phi) is 5.92. The number of aryl methyl sites for hydroxylation is 2. The second kappa shape index (κ2) is 8.60. The lowest BCUT2D eigenvalue weighted by Gasteiger charge is -2.55. The lowest BCUT2D eigenvalue weighted by molar-refractivity contribution is -0.167. The van der Waals surface area contributed by atoms with E-state index in [1.165, 1.54) is 0 Å². The number of aromatic hydroxyl groups is 2. The van der Waals surface area contributed by atoms with Crippen molar-refractivity contribution in [3.05, 3.63) is 46.5 Å². The number of benzene rings is 2. The number of rotatable bonds is 5. The highest BCUT2D eigenvalue weighted by molar-refractivity contribution is 5.52. The molecule has 3 aliphatic rings. The summed E-state index contributed by atoms with van der Waals surface area (Å²) in [4.78, 5) is 11.1. The number of hydrogen-bond acceptors (Lipinski definition) is 6. The Morgan fingerprint density at radius 2 is 1.67 bits per heavy atom. The van der Waals surface area contributed by atoms with Gasteiger partial charge in [-0.25, -0.2) is 0 Å². The molecule has 3 atom stereocenters. The summed E-state index contributed by atoms with van der Waals surface area (Å²) in [5, 5.41) is 21.5. The van der Waals surface area contributed by atoms with E-state index in [-0.39, 0.29) is 28.8 Å². The Balaban J connectivity index is 1.38. The normalized spacial score (nSPS) is 27.5. The number of phenols is 2. The monoisotopic (exact) mass is 494 g/mol. The van der Waals surface area contributed by atoms with Crippen LogP contribution in [0.1, 0.15) is 76.1 Å². The maximum atomic E-state index is 11.1. The molecule has 0 bridgehead atoms. The van der Waals surface area contributed by atoms with Crippen molar-refractivity contribution in [2.75, 3.05) is 0 Å². The van der Waals surface area contributed by atoms with Gasteiger partial charge in [0.25, 0.3) is 6.47 Å². The van der Waals surface area contributed by atoms with Crippen molar-refractivity contribution >= 4 is 6.47 Å². The predicted molar refractivity (Wildman–Crippen MR) is 137 cm³/mol. The van der Waals surface area contributed by atoms with Crippen LogP contribution in [0.5, 0.6) is 23.0 Å². The molecule has 0 aromatic heterocycles. The van der Waals surface area contributed by atoms with Crippen molar-refractivity contribution in [1.29, 1.82) is 0 Å². The van der Waals surface area contributed by atoms with E-state index in [0.29, 0.717) is 30.8 Å². The number of carbonyl (C=O) groups excluding carboxylic acids is 1. The summed E-state index contributed by atoms with van der Waals surface area (Å²) < 4.78 is 18.1. The van der Waals surface area contributed by atoms with Crippen molar-refractivity contribution in [3.63, 3.8) is 0 Å². The van der Waals surface area contributed by atoms with Crippen molar-refractivity contribution in [3.8, 4) is 23.0 Å². The molecule has 0 unspecified atom stereocenters. The largest absolute Gasteiger partial charge is 0.508 e. The Bertz CT molecular complexity index is 1180. The van der Waals surface area contributed by atoms with Crippen LogP contribution in [-0.2, 0) is 35.2 Å². The van der Waals surface area contributed by atoms with Gasteiger partial charge in [0, 0.05) is 16.9 Å². The number of fused-ring (bicyclic) bond motifs is 3. The molecule has 6 nitrogen and oxygen atoms in total. The smallest absolute Gasteiger partial charge is 0.293 e. The second-order valence-corrected chi connectivity index (χ2v) is 12.3. The average Bonchev–Trinajstić information content (AvgIpc) is 2.79. The molecule has 0 amide bonds. The highest BCUT2D eigenvalue weighted by atomic mass is 16.5. The SMILES string of the molecule is CC1(C)CCc2c(O)cc(CCc3cc(O)c4c(c3)C[C@@H]3C(C)(C)[C@H](OC=O)CC[C@@]3(C)O4)cc2O1. The summed E-state index contributed by atoms with van der Waals surface area (Å²) in [5.74, 6) is 1.96. The average molecular weight is 495 g/mol. The van der Waals surface area contributed by atoms with Gasteiger partial charge in [-0.05, 0) is 101 Å². The highest BCUT2D eigenvalue weighted by Gasteiger charge is 2.56. The minimum absolute atomic E-state index is 0.143. The summed E-state index contributed by atoms with van der Waals surface area (Å²) in [6, 6.07) is 7.81. The molecule has 1 aliphatic carbocycles. The Morgan fingerprint density at radius 1 is 0.972 bits per heavy atom. The number of carbonyl (C=O) groups is 1. The van der Waals surface area contributed by atoms with Crippen LogP contribution in [0.15, 0.2) is 24.3 Å². The van der Waals surface area contributed by atoms with Crippen molar-refractivity contribution < 1.29 is 29.2 Å². The molecule has 5 rings (SSSR count). The van der Waals surface area contributed by atoms with E-state index >= 15 is 0 Å². The Morgan fingerprint density at radius 3 is 2.39 bits per heavy atom. The van der Waals surface area contributed by atoms with E-state index in [4.69, 9.17) is 14.2 Å². The molecule has 2 heterocycles. The van der Waals surface area contributed by atoms with E-state index in [2.05, 4.69) is 40.7 Å². The van der Waals surface area contributed by atoms with Gasteiger partial charge in [-0.2, -0.15) is 0 Å². The summed E-state index contributed by atoms with van der Waals surface area (Å²) >= 11 is 0. The van der Waals surface area contributed by atoms with Crippen molar-refractivity contribution in [2.45, 2.75) is 96.9 Å². The lowest BCUT2D eigenvalue weighted by Crippen LogP contribution is -2.59. The Labute approximate surface area is 213 Å². The maximum absolute atomic E-state index is 11.1. The summed E-state index contributed by atoms with van der Waals surface area (Å²) in [7, 11) is 0. The van der Waals surface area contributed by atoms with Crippen LogP contribution in [0.2, 0.25) is 0 Å². The van der Waals surface area contributed by atoms with Gasteiger partial charge in [-0.15, -0.1) is 0 Å². The van der Waals surface area contributed by atoms with Gasteiger partial charge in [-0.3, -0.25) is 4.79 Å². The maximum Gasteiger partial charge on any atom is 0.293 e. The van der Waals surface area contributed by atoms with Crippen LogP contribution < -0.4 is 9.47 Å². The molecule has 1 fully saturated rings. The number of ether oxygens (including phenoxy) is 3. The van der Waals surface area contributed by atoms with E-state index in [9.17, 15) is 15.0 Å². The standard InChI is InChI=1S/C30H38O6/c1-28(2)10-8-21-22(32)13-19(15-24(21)35-28)7-6-18-12-20-16-25-29(3,4)26(34-17-31)9-11-30(25,5)36-27(20)23(33)14-18/h12-15,17,25-26,32-33H,6-11,16H2,1-5H3/t25-,26-,30-/m1/s1. The molecule has 0 saturated heterocycles. The molecule has 36 heavy (non-hydrogen) atoms. The second-order valence-electron chi connectivity index (χ2n) is 12.3. The molecule has 0 radical (unpaired) electrons. The first-order chi connectivity index (χ1) is 16.9. The molecular weight excluding hydrogens is 456 g/mol. The number of phenolic OH excluding ortho intramolecular Hbond substituents is 2. The van der Waals surface area contributed by atoms with E-state index in [1.807, 2.05) is 12.1 Å². The van der Waals surface area contributed by atoms with Crippen molar-refractivity contribution in [2.24, 2.45) is 11.3 Å². The van der Waals surface area contributed by atoms with Gasteiger partial charge in [0.1, 0.15) is 28.8 Å². The summed E-state index contributed by atoms with van der Waals surface area (Å²) in [6.45, 7) is 11.1. The molecular formula is C30H38O6. The quantitative estimate of drug-likeness (QED) is 0.522. The summed E-state index contributed by atoms with van der Waals surface area (Å²) in [6.07, 6.45) is 5.21. The highest BCUT2D eigenvalue weighted by Crippen LogP contribution is 2.55. The van der Waals surface area contributed by atoms with Gasteiger partial charge in [0.2, 0.25) is 0 Å². The van der Waals surface area contributed by atoms with Gasteiger partial charge in [0.15, 0.2) is 11.5 Å². The topological polar surface area (TPSA) is 85.2 Å². The first kappa shape index (κ1) is 24.8. The molecule has 6 heteroatoms. The molecule has 1 saturated carbocycles. The summed E-state index contributed by atoms with van der Waals surface area (Å²) in [5.41, 5.74) is 2.98. The van der Waals surface area contributed by atoms with Crippen LogP contribution in [-0.4, -0.2) is 34.0 Å². The van der Waals surface area contributed by atoms with Crippen LogP contribution in [0.25, 0.3) is 0 Å². The Hall–Kier alpha value is -2.89. The first-order valence-electron chi connectivity index (χ1n) is 13.1. The first-order valence-corrected chi connectivity index (χ1v) is 13.1. The van der Waals surface area contributed by atoms with Crippen LogP contribution in [0, 0.1) is 11.3 Å². The lowest BCUT2D eigenvalue weighted by atomic mass is 9.57. The zero-order valence-corrected chi connectivity index (χ0v) is 22.0. The fourth-order valence-corrected chi connectivity index (χ4v) is 6.73. The minimum Gasteiger partial charge on any atom is -0.508 e. The van der Waals surface area contributed by atoms with E-state index in [0.717, 1.165) is 60.1 Å². The molecule has 2 N–H and O–H groups in total. The van der Waals surface area contributed by atoms with Gasteiger partial charge in [-0.1, -0.05) is 19.9 Å². The minimum atomic E-state index is -0.424. The van der Waals surface area contributed by atoms with E-state index < -0.39 is 5.60 Å². The third-order valence-corrected chi connectivity index (χ3v) is 8.86. The molecule has 2 aromatic carbocycles. The third kappa shape index (κ3) is 4.29. The third-order valence-electron chi connectivity index (χ3n) is 8.86. The van der Waals surface area contributed by atoms with Crippen LogP contribution in [0.3, 0.4) is 0 Å². The molecule has 0 spiro atoms. The van der Waals surface area contributed by atoms with Crippen LogP contribution in [0.4, 0.5) is 0 Å². The molecule has 194 valence electrons. The fraction of sp³-hybridized carbons (Fsp3) is 0.567. The number of hydrogen-bond donors (Lipinski definition) is 2. The van der Waals surface area contributed by atoms with E-state index in [1.54, 1.807) is 6.07 Å². The molecule has 2 aliphatic heterocycles. The van der Waals surface area contributed by atoms with Crippen molar-refractivity contribution in [1.82, 2.24) is 0 Å². The van der Waals surface area contributed by atoms with Crippen LogP contribution >= 0.6 is 0 Å². The van der Waals surface area contributed by atoms with Gasteiger partial charge in [0.05, 0.1) is 0 Å². The molecule has 2 aromatic rings. The zero-order valence-electron chi connectivity index (χ0n) is 22.0. The fourth-order valence-electron chi connectivity index (χ4n) is 6.73. The predicted octanol–water partition coefficient (Wildman–Crippen LogP) is 5.66. The van der Waals surface area contributed by atoms with Gasteiger partial charge < -0.3 is 24.4 Å². The zero-order chi connectivity index (χ0) is 25.9.